The topological polar surface area (TPSA) is 62.3 Å². The summed E-state index contributed by atoms with van der Waals surface area (Å²) in [6, 6.07) is 9.83. The molecule has 0 bridgehead atoms. The lowest BCUT2D eigenvalue weighted by molar-refractivity contribution is 0.0895. The number of piperidine rings is 1. The standard InChI is InChI=1S/C16H23N3O/c1-13-3-2-8-19(16(13)12-18)9-10-20-15-6-4-14(11-17)5-7-15/h4-7,13,16H,2-3,8-10,12,18H2,1H3. The van der Waals surface area contributed by atoms with E-state index in [0.29, 0.717) is 24.1 Å². The van der Waals surface area contributed by atoms with Crippen LogP contribution in [0.3, 0.4) is 0 Å². The van der Waals surface area contributed by atoms with Crippen LogP contribution in [-0.2, 0) is 0 Å². The van der Waals surface area contributed by atoms with Gasteiger partial charge in [-0.1, -0.05) is 6.92 Å². The number of nitrogens with zero attached hydrogens (tertiary/aromatic N) is 2. The van der Waals surface area contributed by atoms with E-state index in [4.69, 9.17) is 15.7 Å². The minimum Gasteiger partial charge on any atom is -0.492 e. The maximum Gasteiger partial charge on any atom is 0.119 e. The average Bonchev–Trinajstić information content (AvgIpc) is 2.48. The summed E-state index contributed by atoms with van der Waals surface area (Å²) >= 11 is 0. The van der Waals surface area contributed by atoms with Gasteiger partial charge in [-0.3, -0.25) is 4.90 Å². The molecule has 0 aromatic heterocycles. The molecule has 1 aromatic rings. The van der Waals surface area contributed by atoms with Crippen molar-refractivity contribution >= 4 is 0 Å². The Balaban J connectivity index is 1.81. The van der Waals surface area contributed by atoms with Gasteiger partial charge in [-0.25, -0.2) is 0 Å². The van der Waals surface area contributed by atoms with Crippen LogP contribution in [0.5, 0.6) is 5.75 Å². The molecule has 1 saturated heterocycles. The van der Waals surface area contributed by atoms with Crippen LogP contribution in [0.1, 0.15) is 25.3 Å². The van der Waals surface area contributed by atoms with Gasteiger partial charge in [0.15, 0.2) is 0 Å². The van der Waals surface area contributed by atoms with Crippen LogP contribution in [0.2, 0.25) is 0 Å². The molecule has 0 amide bonds. The molecule has 0 spiro atoms. The molecule has 2 rings (SSSR count). The largest absolute Gasteiger partial charge is 0.492 e. The van der Waals surface area contributed by atoms with E-state index in [0.717, 1.165) is 25.4 Å². The predicted octanol–water partition coefficient (Wildman–Crippen LogP) is 2.00. The van der Waals surface area contributed by atoms with Gasteiger partial charge in [-0.05, 0) is 49.6 Å². The van der Waals surface area contributed by atoms with Gasteiger partial charge in [-0.15, -0.1) is 0 Å². The van der Waals surface area contributed by atoms with E-state index in [1.807, 2.05) is 12.1 Å². The molecule has 2 unspecified atom stereocenters. The number of rotatable bonds is 5. The van der Waals surface area contributed by atoms with Crippen LogP contribution in [0.25, 0.3) is 0 Å². The fourth-order valence-electron chi connectivity index (χ4n) is 2.90. The monoisotopic (exact) mass is 273 g/mol. The number of nitriles is 1. The number of hydrogen-bond donors (Lipinski definition) is 1. The van der Waals surface area contributed by atoms with Gasteiger partial charge in [0.05, 0.1) is 11.6 Å². The highest BCUT2D eigenvalue weighted by Crippen LogP contribution is 2.22. The van der Waals surface area contributed by atoms with Crippen molar-refractivity contribution in [1.29, 1.82) is 5.26 Å². The lowest BCUT2D eigenvalue weighted by Gasteiger charge is -2.39. The number of likely N-dealkylation sites (tertiary alicyclic amines) is 1. The molecule has 20 heavy (non-hydrogen) atoms. The van der Waals surface area contributed by atoms with Crippen molar-refractivity contribution in [2.75, 3.05) is 26.2 Å². The second kappa shape index (κ2) is 7.28. The molecule has 2 N–H and O–H groups in total. The number of ether oxygens (including phenoxy) is 1. The van der Waals surface area contributed by atoms with Crippen molar-refractivity contribution in [3.8, 4) is 11.8 Å². The molecule has 108 valence electrons. The molecule has 1 heterocycles. The van der Waals surface area contributed by atoms with E-state index in [-0.39, 0.29) is 0 Å². The van der Waals surface area contributed by atoms with Gasteiger partial charge in [0.1, 0.15) is 12.4 Å². The van der Waals surface area contributed by atoms with Gasteiger partial charge in [0.25, 0.3) is 0 Å². The first-order chi connectivity index (χ1) is 9.74. The van der Waals surface area contributed by atoms with Crippen LogP contribution in [-0.4, -0.2) is 37.2 Å². The summed E-state index contributed by atoms with van der Waals surface area (Å²) in [7, 11) is 0. The Labute approximate surface area is 121 Å². The molecule has 4 heteroatoms. The molecule has 1 aliphatic rings. The maximum absolute atomic E-state index is 8.75. The van der Waals surface area contributed by atoms with Gasteiger partial charge in [-0.2, -0.15) is 5.26 Å². The van der Waals surface area contributed by atoms with Gasteiger partial charge >= 0.3 is 0 Å². The first-order valence-corrected chi connectivity index (χ1v) is 7.31. The van der Waals surface area contributed by atoms with E-state index in [1.54, 1.807) is 12.1 Å². The van der Waals surface area contributed by atoms with Crippen molar-refractivity contribution in [3.63, 3.8) is 0 Å². The SMILES string of the molecule is CC1CCCN(CCOc2ccc(C#N)cc2)C1CN. The van der Waals surface area contributed by atoms with Crippen LogP contribution < -0.4 is 10.5 Å². The maximum atomic E-state index is 8.75. The Bertz CT molecular complexity index is 452. The molecular weight excluding hydrogens is 250 g/mol. The summed E-state index contributed by atoms with van der Waals surface area (Å²) < 4.78 is 5.74. The average molecular weight is 273 g/mol. The zero-order valence-corrected chi connectivity index (χ0v) is 12.1. The zero-order chi connectivity index (χ0) is 14.4. The van der Waals surface area contributed by atoms with Crippen LogP contribution >= 0.6 is 0 Å². The fourth-order valence-corrected chi connectivity index (χ4v) is 2.90. The summed E-state index contributed by atoms with van der Waals surface area (Å²) in [4.78, 5) is 2.44. The second-order valence-corrected chi connectivity index (χ2v) is 5.44. The number of benzene rings is 1. The summed E-state index contributed by atoms with van der Waals surface area (Å²) in [5.74, 6) is 1.49. The smallest absolute Gasteiger partial charge is 0.119 e. The molecular formula is C16H23N3O. The Kier molecular flexibility index (Phi) is 5.40. The molecule has 0 saturated carbocycles. The predicted molar refractivity (Wildman–Crippen MR) is 79.5 cm³/mol. The quantitative estimate of drug-likeness (QED) is 0.891. The summed E-state index contributed by atoms with van der Waals surface area (Å²) in [6.45, 7) is 5.69. The molecule has 4 nitrogen and oxygen atoms in total. The Hall–Kier alpha value is -1.57. The Morgan fingerprint density at radius 1 is 1.40 bits per heavy atom. The Morgan fingerprint density at radius 2 is 2.15 bits per heavy atom. The van der Waals surface area contributed by atoms with Gasteiger partial charge in [0, 0.05) is 19.1 Å². The highest BCUT2D eigenvalue weighted by molar-refractivity contribution is 5.34. The highest BCUT2D eigenvalue weighted by atomic mass is 16.5. The number of nitrogens with two attached hydrogens (primary N) is 1. The van der Waals surface area contributed by atoms with E-state index < -0.39 is 0 Å². The fraction of sp³-hybridized carbons (Fsp3) is 0.562. The summed E-state index contributed by atoms with van der Waals surface area (Å²) in [5.41, 5.74) is 6.54. The van der Waals surface area contributed by atoms with Crippen molar-refractivity contribution in [1.82, 2.24) is 4.90 Å². The summed E-state index contributed by atoms with van der Waals surface area (Å²) in [6.07, 6.45) is 2.52. The van der Waals surface area contributed by atoms with Crippen molar-refractivity contribution in [3.05, 3.63) is 29.8 Å². The third-order valence-electron chi connectivity index (χ3n) is 4.10. The van der Waals surface area contributed by atoms with E-state index in [9.17, 15) is 0 Å². The van der Waals surface area contributed by atoms with Crippen LogP contribution in [0.4, 0.5) is 0 Å². The third-order valence-corrected chi connectivity index (χ3v) is 4.10. The van der Waals surface area contributed by atoms with E-state index >= 15 is 0 Å². The van der Waals surface area contributed by atoms with Gasteiger partial charge < -0.3 is 10.5 Å². The Morgan fingerprint density at radius 3 is 2.80 bits per heavy atom. The van der Waals surface area contributed by atoms with Crippen molar-refractivity contribution in [2.45, 2.75) is 25.8 Å². The first kappa shape index (κ1) is 14.8. The molecule has 1 aliphatic heterocycles. The van der Waals surface area contributed by atoms with E-state index in [2.05, 4.69) is 17.9 Å². The minimum atomic E-state index is 0.480. The normalized spacial score (nSPS) is 23.2. The number of hydrogen-bond acceptors (Lipinski definition) is 4. The van der Waals surface area contributed by atoms with Crippen LogP contribution in [0, 0.1) is 17.2 Å². The lowest BCUT2D eigenvalue weighted by atomic mass is 9.91. The molecule has 1 aromatic carbocycles. The van der Waals surface area contributed by atoms with Crippen molar-refractivity contribution in [2.24, 2.45) is 11.7 Å². The molecule has 2 atom stereocenters. The molecule has 0 aliphatic carbocycles. The lowest BCUT2D eigenvalue weighted by Crippen LogP contribution is -2.49. The highest BCUT2D eigenvalue weighted by Gasteiger charge is 2.26. The molecule has 0 radical (unpaired) electrons. The molecule has 1 fully saturated rings. The van der Waals surface area contributed by atoms with Gasteiger partial charge in [0.2, 0.25) is 0 Å². The first-order valence-electron chi connectivity index (χ1n) is 7.31. The third kappa shape index (κ3) is 3.72. The zero-order valence-electron chi connectivity index (χ0n) is 12.1. The van der Waals surface area contributed by atoms with Crippen molar-refractivity contribution < 1.29 is 4.74 Å². The van der Waals surface area contributed by atoms with E-state index in [1.165, 1.54) is 12.8 Å². The second-order valence-electron chi connectivity index (χ2n) is 5.44. The summed E-state index contributed by atoms with van der Waals surface area (Å²) in [5, 5.41) is 8.75. The minimum absolute atomic E-state index is 0.480. The van der Waals surface area contributed by atoms with Crippen LogP contribution in [0.15, 0.2) is 24.3 Å².